The molecule has 8 nitrogen and oxygen atoms in total. The Morgan fingerprint density at radius 1 is 1.05 bits per heavy atom. The van der Waals surface area contributed by atoms with Crippen molar-refractivity contribution in [2.75, 3.05) is 11.9 Å². The van der Waals surface area contributed by atoms with Gasteiger partial charge in [0.05, 0.1) is 5.56 Å². The lowest BCUT2D eigenvalue weighted by Crippen LogP contribution is -2.60. The third-order valence-electron chi connectivity index (χ3n) is 7.77. The van der Waals surface area contributed by atoms with Crippen LogP contribution in [0.1, 0.15) is 46.4 Å². The van der Waals surface area contributed by atoms with Crippen molar-refractivity contribution in [1.29, 1.82) is 0 Å². The summed E-state index contributed by atoms with van der Waals surface area (Å²) in [4.78, 5) is 47.7. The van der Waals surface area contributed by atoms with E-state index in [4.69, 9.17) is 0 Å². The van der Waals surface area contributed by atoms with Crippen LogP contribution < -0.4 is 10.6 Å². The minimum absolute atomic E-state index is 0.0296. The Morgan fingerprint density at radius 3 is 2.49 bits per heavy atom. The van der Waals surface area contributed by atoms with Gasteiger partial charge in [-0.15, -0.1) is 0 Å². The van der Waals surface area contributed by atoms with Crippen LogP contribution in [0.2, 0.25) is 0 Å². The first-order valence-corrected chi connectivity index (χ1v) is 13.3. The first-order chi connectivity index (χ1) is 20.3. The second-order valence-electron chi connectivity index (χ2n) is 10.6. The van der Waals surface area contributed by atoms with E-state index in [0.29, 0.717) is 40.5 Å². The van der Waals surface area contributed by atoms with Crippen LogP contribution in [0.4, 0.5) is 32.2 Å². The number of fused-ring (bicyclic) bond motifs is 1. The van der Waals surface area contributed by atoms with Crippen molar-refractivity contribution >= 4 is 23.5 Å². The van der Waals surface area contributed by atoms with Crippen molar-refractivity contribution in [2.24, 2.45) is 5.92 Å². The van der Waals surface area contributed by atoms with E-state index in [1.807, 2.05) is 0 Å². The van der Waals surface area contributed by atoms with Gasteiger partial charge in [0.1, 0.15) is 24.2 Å². The van der Waals surface area contributed by atoms with Crippen LogP contribution in [-0.2, 0) is 22.4 Å². The molecule has 0 radical (unpaired) electrons. The Balaban J connectivity index is 1.35. The van der Waals surface area contributed by atoms with Crippen LogP contribution in [-0.4, -0.2) is 57.4 Å². The number of anilines is 1. The molecule has 1 fully saturated rings. The van der Waals surface area contributed by atoms with E-state index < -0.39 is 77.9 Å². The van der Waals surface area contributed by atoms with Crippen LogP contribution in [0.25, 0.3) is 0 Å². The normalized spacial score (nSPS) is 21.8. The zero-order chi connectivity index (χ0) is 31.1. The number of nitrogens with zero attached hydrogens (tertiary/aromatic N) is 3. The lowest BCUT2D eigenvalue weighted by atomic mass is 9.81. The van der Waals surface area contributed by atoms with Crippen LogP contribution in [0, 0.1) is 23.4 Å². The van der Waals surface area contributed by atoms with Gasteiger partial charge in [-0.3, -0.25) is 19.4 Å². The third kappa shape index (κ3) is 6.32. The molecule has 2 unspecified atom stereocenters. The van der Waals surface area contributed by atoms with E-state index in [2.05, 4.69) is 20.6 Å². The number of alkyl halides is 3. The van der Waals surface area contributed by atoms with Crippen molar-refractivity contribution in [2.45, 2.75) is 50.4 Å². The predicted octanol–water partition coefficient (Wildman–Crippen LogP) is 4.31. The molecule has 1 aliphatic carbocycles. The summed E-state index contributed by atoms with van der Waals surface area (Å²) in [6.07, 6.45) is -2.05. The molecule has 1 saturated heterocycles. The third-order valence-corrected chi connectivity index (χ3v) is 7.77. The summed E-state index contributed by atoms with van der Waals surface area (Å²) in [5, 5.41) is 5.08. The Hall–Kier alpha value is -4.49. The van der Waals surface area contributed by atoms with Crippen LogP contribution in [0.3, 0.4) is 0 Å². The molecule has 3 heterocycles. The van der Waals surface area contributed by atoms with Crippen molar-refractivity contribution in [3.8, 4) is 0 Å². The van der Waals surface area contributed by atoms with Gasteiger partial charge in [-0.05, 0) is 55.7 Å². The summed E-state index contributed by atoms with van der Waals surface area (Å²) in [7, 11) is 0. The maximum atomic E-state index is 14.7. The van der Waals surface area contributed by atoms with Crippen molar-refractivity contribution in [3.05, 3.63) is 88.6 Å². The first-order valence-electron chi connectivity index (χ1n) is 13.3. The molecule has 3 amide bonds. The fraction of sp³-hybridized carbons (Fsp3) is 0.345. The molecule has 1 aliphatic heterocycles. The van der Waals surface area contributed by atoms with Gasteiger partial charge in [0, 0.05) is 47.9 Å². The summed E-state index contributed by atoms with van der Waals surface area (Å²) in [5.41, 5.74) is 0.338. The second-order valence-corrected chi connectivity index (χ2v) is 10.6. The van der Waals surface area contributed by atoms with Gasteiger partial charge in [0.25, 0.3) is 5.91 Å². The van der Waals surface area contributed by atoms with Gasteiger partial charge in [-0.1, -0.05) is 6.07 Å². The fourth-order valence-corrected chi connectivity index (χ4v) is 5.63. The van der Waals surface area contributed by atoms with Crippen LogP contribution in [0.5, 0.6) is 0 Å². The number of likely N-dealkylation sites (tertiary alicyclic amines) is 1. The summed E-state index contributed by atoms with van der Waals surface area (Å²) >= 11 is 0. The van der Waals surface area contributed by atoms with Crippen LogP contribution >= 0.6 is 0 Å². The monoisotopic (exact) mass is 605 g/mol. The summed E-state index contributed by atoms with van der Waals surface area (Å²) in [6.45, 7) is -0.558. The smallest absolute Gasteiger partial charge is 0.340 e. The largest absolute Gasteiger partial charge is 0.406 e. The second kappa shape index (κ2) is 11.7. The lowest BCUT2D eigenvalue weighted by Gasteiger charge is -2.43. The molecule has 3 aromatic rings. The minimum atomic E-state index is -4.86. The number of nitrogens with one attached hydrogen (secondary N) is 2. The van der Waals surface area contributed by atoms with Gasteiger partial charge in [0.15, 0.2) is 11.6 Å². The highest BCUT2D eigenvalue weighted by molar-refractivity contribution is 5.98. The highest BCUT2D eigenvalue weighted by atomic mass is 19.4. The predicted molar refractivity (Wildman–Crippen MR) is 140 cm³/mol. The van der Waals surface area contributed by atoms with Gasteiger partial charge >= 0.3 is 6.18 Å². The molecule has 1 aromatic carbocycles. The molecule has 43 heavy (non-hydrogen) atoms. The summed E-state index contributed by atoms with van der Waals surface area (Å²) in [6, 6.07) is 4.74. The minimum Gasteiger partial charge on any atom is -0.340 e. The average Bonchev–Trinajstić information content (AvgIpc) is 3.39. The zero-order valence-corrected chi connectivity index (χ0v) is 22.6. The van der Waals surface area contributed by atoms with Gasteiger partial charge in [-0.2, -0.15) is 13.2 Å². The van der Waals surface area contributed by atoms with Gasteiger partial charge in [-0.25, -0.2) is 18.2 Å². The Kier molecular flexibility index (Phi) is 8.12. The van der Waals surface area contributed by atoms with E-state index in [-0.39, 0.29) is 17.9 Å². The van der Waals surface area contributed by atoms with Crippen molar-refractivity contribution in [3.63, 3.8) is 0 Å². The van der Waals surface area contributed by atoms with E-state index in [1.165, 1.54) is 25.4 Å². The SMILES string of the molecule is C[C@@H]1C(c2c(F)ccc(F)c2F)C[C@H](NC(=O)c2cnc3c(c2)CC(C(=O)Nc2ccccn2)C3)C(=O)N1CC(F)(F)F. The Bertz CT molecular complexity index is 1570. The quantitative estimate of drug-likeness (QED) is 0.322. The number of aromatic nitrogens is 2. The molecular weight excluding hydrogens is 580 g/mol. The number of hydrogen-bond donors (Lipinski definition) is 2. The molecule has 14 heteroatoms. The van der Waals surface area contributed by atoms with E-state index >= 15 is 0 Å². The van der Waals surface area contributed by atoms with E-state index in [1.54, 1.807) is 18.2 Å². The average molecular weight is 606 g/mol. The number of hydrogen-bond acceptors (Lipinski definition) is 5. The molecule has 4 atom stereocenters. The van der Waals surface area contributed by atoms with Crippen molar-refractivity contribution in [1.82, 2.24) is 20.2 Å². The number of halogens is 6. The Morgan fingerprint density at radius 2 is 1.79 bits per heavy atom. The number of amides is 3. The van der Waals surface area contributed by atoms with Crippen LogP contribution in [0.15, 0.2) is 48.8 Å². The van der Waals surface area contributed by atoms with E-state index in [9.17, 15) is 40.7 Å². The fourth-order valence-electron chi connectivity index (χ4n) is 5.63. The molecule has 2 aliphatic rings. The number of benzene rings is 1. The zero-order valence-electron chi connectivity index (χ0n) is 22.6. The van der Waals surface area contributed by atoms with E-state index in [0.717, 1.165) is 0 Å². The maximum Gasteiger partial charge on any atom is 0.406 e. The molecule has 226 valence electrons. The summed E-state index contributed by atoms with van der Waals surface area (Å²) in [5.74, 6) is -7.95. The van der Waals surface area contributed by atoms with Gasteiger partial charge < -0.3 is 15.5 Å². The highest BCUT2D eigenvalue weighted by Crippen LogP contribution is 2.38. The number of piperidine rings is 1. The molecule has 0 bridgehead atoms. The number of pyridine rings is 2. The number of rotatable bonds is 6. The standard InChI is InChI=1S/C29H25F6N5O3/c1-14-18(24-19(30)5-6-20(31)25(24)32)11-22(28(43)40(14)13-29(33,34)35)38-27(42)17-9-15-8-16(10-21(15)37-12-17)26(41)39-23-4-2-3-7-36-23/h2-7,9,12,14,16,18,22H,8,10-11,13H2,1H3,(H,38,42)(H,36,39,41)/t14-,16?,18?,22+/m1/s1. The number of carbonyl (C=O) groups is 3. The molecule has 0 spiro atoms. The maximum absolute atomic E-state index is 14.7. The van der Waals surface area contributed by atoms with Gasteiger partial charge in [0.2, 0.25) is 11.8 Å². The van der Waals surface area contributed by atoms with Crippen molar-refractivity contribution < 1.29 is 40.7 Å². The molecule has 2 N–H and O–H groups in total. The molecular formula is C29H25F6N5O3. The highest BCUT2D eigenvalue weighted by Gasteiger charge is 2.47. The molecule has 2 aromatic heterocycles. The Labute approximate surface area is 241 Å². The molecule has 0 saturated carbocycles. The topological polar surface area (TPSA) is 104 Å². The lowest BCUT2D eigenvalue weighted by molar-refractivity contribution is -0.170. The summed E-state index contributed by atoms with van der Waals surface area (Å²) < 4.78 is 83.6. The number of carbonyl (C=O) groups excluding carboxylic acids is 3. The molecule has 5 rings (SSSR count). The first kappa shape index (κ1) is 30.0.